The number of morpholine rings is 1. The first-order valence-electron chi connectivity index (χ1n) is 8.26. The maximum Gasteiger partial charge on any atom is 0.227 e. The van der Waals surface area contributed by atoms with Crippen LogP contribution >= 0.6 is 0 Å². The molecule has 0 radical (unpaired) electrons. The van der Waals surface area contributed by atoms with E-state index >= 15 is 0 Å². The average molecular weight is 190 g/mol. The van der Waals surface area contributed by atoms with E-state index in [0.717, 1.165) is 0 Å². The Morgan fingerprint density at radius 3 is 3.08 bits per heavy atom. The van der Waals surface area contributed by atoms with Gasteiger partial charge in [0.1, 0.15) is 5.82 Å². The van der Waals surface area contributed by atoms with Crippen LogP contribution in [0.3, 0.4) is 0 Å². The number of nitrogens with two attached hydrogens (primary N) is 1. The highest BCUT2D eigenvalue weighted by atomic mass is 16.5. The van der Waals surface area contributed by atoms with Crippen LogP contribution in [0, 0.1) is 0 Å². The number of hydrogen-bond donors (Lipinski definition) is 1. The summed E-state index contributed by atoms with van der Waals surface area (Å²) in [6, 6.07) is -0.575. The van der Waals surface area contributed by atoms with Crippen LogP contribution < -0.4 is 10.6 Å². The van der Waals surface area contributed by atoms with E-state index in [1.807, 2.05) is 0 Å². The summed E-state index contributed by atoms with van der Waals surface area (Å²) >= 11 is 0. The lowest BCUT2D eigenvalue weighted by atomic mass is 10.4. The predicted octanol–water partition coefficient (Wildman–Crippen LogP) is -0.105. The molecule has 1 aliphatic heterocycles. The third-order valence-corrected chi connectivity index (χ3v) is 1.18. The van der Waals surface area contributed by atoms with Gasteiger partial charge in [-0.25, -0.2) is 4.98 Å². The quantitative estimate of drug-likeness (QED) is 0.669. The molecule has 2 rings (SSSR count). The van der Waals surface area contributed by atoms with Gasteiger partial charge in [0.05, 0.1) is 26.8 Å². The highest BCUT2D eigenvalue weighted by molar-refractivity contribution is 5.37. The van der Waals surface area contributed by atoms with Crippen molar-refractivity contribution in [2.24, 2.45) is 0 Å². The highest BCUT2D eigenvalue weighted by Gasteiger charge is 2.12. The van der Waals surface area contributed by atoms with Crippen LogP contribution in [0.2, 0.25) is 0 Å². The molecule has 13 heavy (non-hydrogen) atoms. The number of ether oxygens (including phenoxy) is 1. The number of anilines is 2. The maximum absolute atomic E-state index is 7.81. The molecule has 2 N–H and O–H groups in total. The Hall–Kier alpha value is -1.36. The van der Waals surface area contributed by atoms with E-state index < -0.39 is 50.1 Å². The molecule has 1 saturated heterocycles. The molecular formula is C8H12N4O. The minimum absolute atomic E-state index is 0.00264. The van der Waals surface area contributed by atoms with Crippen LogP contribution in [0.15, 0.2) is 12.2 Å². The Morgan fingerprint density at radius 1 is 1.62 bits per heavy atom. The third kappa shape index (κ3) is 1.86. The fraction of sp³-hybridized carbons (Fsp3) is 0.500. The number of hydrogen-bond acceptors (Lipinski definition) is 5. The molecule has 0 amide bonds. The third-order valence-electron chi connectivity index (χ3n) is 1.18. The van der Waals surface area contributed by atoms with Crippen LogP contribution in [0.1, 0.15) is 13.7 Å². The monoisotopic (exact) mass is 190 g/mol. The summed E-state index contributed by atoms with van der Waals surface area (Å²) in [5.74, 6) is -1.42. The lowest BCUT2D eigenvalue weighted by Crippen LogP contribution is -2.37. The molecule has 1 aliphatic rings. The Kier molecular flexibility index (Phi) is 0.706. The van der Waals surface area contributed by atoms with E-state index in [0.29, 0.717) is 0 Å². The van der Waals surface area contributed by atoms with Crippen molar-refractivity contribution >= 4 is 11.8 Å². The Bertz CT molecular complexity index is 601. The molecular weight excluding hydrogens is 168 g/mol. The van der Waals surface area contributed by atoms with Crippen molar-refractivity contribution in [2.45, 2.75) is 0 Å². The number of aromatic nitrogens is 2. The second-order valence-electron chi connectivity index (χ2n) is 2.01. The molecule has 1 fully saturated rings. The van der Waals surface area contributed by atoms with Gasteiger partial charge < -0.3 is 15.4 Å². The van der Waals surface area contributed by atoms with Crippen molar-refractivity contribution in [3.8, 4) is 0 Å². The van der Waals surface area contributed by atoms with Gasteiger partial charge in [-0.3, -0.25) is 0 Å². The van der Waals surface area contributed by atoms with E-state index in [2.05, 4.69) is 14.7 Å². The summed E-state index contributed by atoms with van der Waals surface area (Å²) in [7, 11) is 0. The first kappa shape index (κ1) is 2.57. The molecule has 5 heteroatoms. The van der Waals surface area contributed by atoms with Gasteiger partial charge in [0, 0.05) is 19.2 Å². The van der Waals surface area contributed by atoms with Gasteiger partial charge in [-0.1, -0.05) is 0 Å². The first-order valence-corrected chi connectivity index (χ1v) is 3.26. The van der Waals surface area contributed by atoms with Crippen LogP contribution in [-0.4, -0.2) is 36.1 Å². The molecule has 0 aromatic carbocycles. The Labute approximate surface area is 90.6 Å². The van der Waals surface area contributed by atoms with Crippen molar-refractivity contribution in [2.75, 3.05) is 36.7 Å². The van der Waals surface area contributed by atoms with Crippen molar-refractivity contribution < 1.29 is 18.4 Å². The molecule has 2 heterocycles. The summed E-state index contributed by atoms with van der Waals surface area (Å²) in [6.07, 6.45) is -0.744. The lowest BCUT2D eigenvalue weighted by Gasteiger charge is -2.26. The molecule has 70 valence electrons. The van der Waals surface area contributed by atoms with Crippen molar-refractivity contribution in [1.29, 1.82) is 0 Å². The van der Waals surface area contributed by atoms with Gasteiger partial charge in [-0.2, -0.15) is 4.98 Å². The molecule has 0 aliphatic carbocycles. The molecule has 0 atom stereocenters. The van der Waals surface area contributed by atoms with Gasteiger partial charge >= 0.3 is 0 Å². The molecule has 0 bridgehead atoms. The molecule has 0 spiro atoms. The normalized spacial score (nSPS) is 44.2. The lowest BCUT2D eigenvalue weighted by molar-refractivity contribution is 0.122. The largest absolute Gasteiger partial charge is 0.384 e. The minimum atomic E-state index is -3.26. The zero-order valence-corrected chi connectivity index (χ0v) is 6.33. The summed E-state index contributed by atoms with van der Waals surface area (Å²) in [5, 5.41) is 0. The van der Waals surface area contributed by atoms with E-state index in [1.54, 1.807) is 0 Å². The van der Waals surface area contributed by atoms with Gasteiger partial charge in [0.25, 0.3) is 0 Å². The van der Waals surface area contributed by atoms with Crippen LogP contribution in [-0.2, 0) is 4.74 Å². The summed E-state index contributed by atoms with van der Waals surface area (Å²) in [4.78, 5) is 6.92. The zero-order valence-electron chi connectivity index (χ0n) is 16.3. The zero-order chi connectivity index (χ0) is 18.0. The molecule has 0 unspecified atom stereocenters. The predicted molar refractivity (Wildman–Crippen MR) is 49.5 cm³/mol. The average Bonchev–Trinajstić information content (AvgIpc) is 2.32. The molecule has 5 nitrogen and oxygen atoms in total. The van der Waals surface area contributed by atoms with Gasteiger partial charge in [0.15, 0.2) is 0 Å². The standard InChI is InChI=1S/C8H12N4O/c9-7-1-2-10-8(11-7)12-3-5-13-6-4-12/h1-2H,3-6H2,(H2,9,10,11)/i1D,2D,3D2,4D2,5D2,6D2. The van der Waals surface area contributed by atoms with E-state index in [1.165, 1.54) is 0 Å². The highest BCUT2D eigenvalue weighted by Crippen LogP contribution is 2.09. The fourth-order valence-corrected chi connectivity index (χ4v) is 0.686. The topological polar surface area (TPSA) is 64.3 Å². The SMILES string of the molecule is [2H]c1nc(N2C([2H])([2H])C([2H])([2H])OC([2H])([2H])C2([2H])[2H])nc(N)c1[2H]. The van der Waals surface area contributed by atoms with Crippen LogP contribution in [0.5, 0.6) is 0 Å². The maximum atomic E-state index is 7.81. The van der Waals surface area contributed by atoms with E-state index in [9.17, 15) is 0 Å². The van der Waals surface area contributed by atoms with Crippen LogP contribution in [0.4, 0.5) is 11.8 Å². The molecule has 0 saturated carbocycles. The van der Waals surface area contributed by atoms with Crippen LogP contribution in [0.25, 0.3) is 0 Å². The fourth-order valence-electron chi connectivity index (χ4n) is 0.686. The first-order chi connectivity index (χ1) is 10.1. The summed E-state index contributed by atoms with van der Waals surface area (Å²) < 4.78 is 80.6. The number of nitrogens with zero attached hydrogens (tertiary/aromatic N) is 3. The Morgan fingerprint density at radius 2 is 2.38 bits per heavy atom. The van der Waals surface area contributed by atoms with Gasteiger partial charge in [0.2, 0.25) is 5.95 Å². The van der Waals surface area contributed by atoms with E-state index in [4.69, 9.17) is 19.4 Å². The molecule has 1 aromatic heterocycles. The number of nitrogen functional groups attached to an aromatic ring is 1. The van der Waals surface area contributed by atoms with Gasteiger partial charge in [-0.15, -0.1) is 0 Å². The van der Waals surface area contributed by atoms with Crippen molar-refractivity contribution in [3.05, 3.63) is 12.2 Å². The number of rotatable bonds is 1. The van der Waals surface area contributed by atoms with Crippen molar-refractivity contribution in [1.82, 2.24) is 9.97 Å². The molecule has 1 aromatic rings. The summed E-state index contributed by atoms with van der Waals surface area (Å²) in [6.45, 7) is -13.0. The van der Waals surface area contributed by atoms with Crippen molar-refractivity contribution in [3.63, 3.8) is 0 Å². The van der Waals surface area contributed by atoms with Gasteiger partial charge in [-0.05, 0) is 6.04 Å². The van der Waals surface area contributed by atoms with E-state index in [-0.39, 0.29) is 4.90 Å². The summed E-state index contributed by atoms with van der Waals surface area (Å²) in [5.41, 5.74) is 5.39. The minimum Gasteiger partial charge on any atom is -0.384 e. The smallest absolute Gasteiger partial charge is 0.227 e. The second-order valence-corrected chi connectivity index (χ2v) is 2.01. The second kappa shape index (κ2) is 3.57. The Balaban J connectivity index is 2.74.